The molecule has 0 saturated carbocycles. The van der Waals surface area contributed by atoms with Crippen molar-refractivity contribution in [3.63, 3.8) is 0 Å². The molecule has 9 heteroatoms. The summed E-state index contributed by atoms with van der Waals surface area (Å²) in [6, 6.07) is 10.1. The number of benzene rings is 1. The number of carbonyl (C=O) groups excluding carboxylic acids is 2. The molecule has 9 nitrogen and oxygen atoms in total. The van der Waals surface area contributed by atoms with Crippen molar-refractivity contribution in [1.29, 1.82) is 0 Å². The highest BCUT2D eigenvalue weighted by atomic mass is 16.6. The quantitative estimate of drug-likeness (QED) is 0.656. The normalized spacial score (nSPS) is 10.5. The molecule has 26 heavy (non-hydrogen) atoms. The number of rotatable bonds is 6. The van der Waals surface area contributed by atoms with Gasteiger partial charge in [0.2, 0.25) is 0 Å². The lowest BCUT2D eigenvalue weighted by atomic mass is 10.2. The minimum absolute atomic E-state index is 0.157. The molecule has 0 aliphatic rings. The summed E-state index contributed by atoms with van der Waals surface area (Å²) in [4.78, 5) is 24.0. The third-order valence-electron chi connectivity index (χ3n) is 3.44. The summed E-state index contributed by atoms with van der Waals surface area (Å²) in [7, 11) is 1.52. The molecule has 0 atom stereocenters. The Bertz CT molecular complexity index is 924. The van der Waals surface area contributed by atoms with E-state index in [1.807, 2.05) is 0 Å². The van der Waals surface area contributed by atoms with Gasteiger partial charge < -0.3 is 14.8 Å². The van der Waals surface area contributed by atoms with Crippen molar-refractivity contribution in [2.24, 2.45) is 0 Å². The highest BCUT2D eigenvalue weighted by molar-refractivity contribution is 6.04. The second kappa shape index (κ2) is 8.08. The van der Waals surface area contributed by atoms with Gasteiger partial charge in [0.05, 0.1) is 12.2 Å². The Morgan fingerprint density at radius 1 is 1.12 bits per heavy atom. The molecule has 0 saturated heterocycles. The smallest absolute Gasteiger partial charge is 0.411 e. The molecule has 0 bridgehead atoms. The van der Waals surface area contributed by atoms with E-state index < -0.39 is 6.09 Å². The number of carbonyl (C=O) groups is 2. The molecule has 2 aromatic heterocycles. The molecule has 0 aliphatic carbocycles. The van der Waals surface area contributed by atoms with Crippen molar-refractivity contribution < 1.29 is 19.1 Å². The highest BCUT2D eigenvalue weighted by Crippen LogP contribution is 2.16. The SMILES string of the molecule is COCCOC(=O)Nc1cccc(NC(=O)c2ccc3nncn3c2)c1. The third kappa shape index (κ3) is 4.33. The van der Waals surface area contributed by atoms with E-state index in [4.69, 9.17) is 9.47 Å². The van der Waals surface area contributed by atoms with Gasteiger partial charge in [-0.05, 0) is 30.3 Å². The lowest BCUT2D eigenvalue weighted by molar-refractivity contribution is 0.102. The average molecular weight is 355 g/mol. The first-order chi connectivity index (χ1) is 12.7. The van der Waals surface area contributed by atoms with Crippen LogP contribution >= 0.6 is 0 Å². The molecule has 0 radical (unpaired) electrons. The van der Waals surface area contributed by atoms with Crippen molar-refractivity contribution >= 4 is 29.0 Å². The molecule has 2 N–H and O–H groups in total. The second-order valence-electron chi connectivity index (χ2n) is 5.30. The first-order valence-electron chi connectivity index (χ1n) is 7.79. The minimum Gasteiger partial charge on any atom is -0.447 e. The van der Waals surface area contributed by atoms with E-state index >= 15 is 0 Å². The molecule has 2 amide bonds. The minimum atomic E-state index is -0.594. The monoisotopic (exact) mass is 355 g/mol. The average Bonchev–Trinajstić information content (AvgIpc) is 3.10. The zero-order chi connectivity index (χ0) is 18.4. The maximum Gasteiger partial charge on any atom is 0.411 e. The van der Waals surface area contributed by atoms with Gasteiger partial charge in [-0.2, -0.15) is 0 Å². The Morgan fingerprint density at radius 3 is 2.73 bits per heavy atom. The summed E-state index contributed by atoms with van der Waals surface area (Å²) >= 11 is 0. The number of anilines is 2. The molecule has 3 aromatic rings. The molecule has 0 fully saturated rings. The lowest BCUT2D eigenvalue weighted by Gasteiger charge is -2.09. The van der Waals surface area contributed by atoms with Crippen molar-refractivity contribution in [2.45, 2.75) is 0 Å². The van der Waals surface area contributed by atoms with Gasteiger partial charge in [-0.15, -0.1) is 10.2 Å². The topological polar surface area (TPSA) is 107 Å². The first-order valence-corrected chi connectivity index (χ1v) is 7.79. The Kier molecular flexibility index (Phi) is 5.40. The zero-order valence-corrected chi connectivity index (χ0v) is 14.0. The van der Waals surface area contributed by atoms with Crippen LogP contribution in [0.4, 0.5) is 16.2 Å². The molecule has 134 valence electrons. The van der Waals surface area contributed by atoms with Crippen molar-refractivity contribution in [2.75, 3.05) is 31.0 Å². The Morgan fingerprint density at radius 2 is 1.92 bits per heavy atom. The molecular formula is C17H17N5O4. The number of methoxy groups -OCH3 is 1. The summed E-state index contributed by atoms with van der Waals surface area (Å²) in [6.45, 7) is 0.477. The molecule has 0 aliphatic heterocycles. The number of nitrogens with zero attached hydrogens (tertiary/aromatic N) is 3. The van der Waals surface area contributed by atoms with Crippen LogP contribution < -0.4 is 10.6 Å². The summed E-state index contributed by atoms with van der Waals surface area (Å²) in [6.07, 6.45) is 2.56. The number of pyridine rings is 1. The highest BCUT2D eigenvalue weighted by Gasteiger charge is 2.09. The number of nitrogens with one attached hydrogen (secondary N) is 2. The van der Waals surface area contributed by atoms with Crippen molar-refractivity contribution in [3.8, 4) is 0 Å². The van der Waals surface area contributed by atoms with Crippen LogP contribution in [0.2, 0.25) is 0 Å². The summed E-state index contributed by atoms with van der Waals surface area (Å²) in [5, 5.41) is 13.0. The molecular weight excluding hydrogens is 338 g/mol. The molecule has 2 heterocycles. The maximum atomic E-state index is 12.4. The predicted octanol–water partition coefficient (Wildman–Crippen LogP) is 2.18. The molecule has 0 spiro atoms. The Balaban J connectivity index is 1.64. The number of hydrogen-bond donors (Lipinski definition) is 2. The van der Waals surface area contributed by atoms with Gasteiger partial charge in [0.15, 0.2) is 5.65 Å². The summed E-state index contributed by atoms with van der Waals surface area (Å²) in [5.41, 5.74) is 2.14. The van der Waals surface area contributed by atoms with Crippen LogP contribution in [-0.2, 0) is 9.47 Å². The van der Waals surface area contributed by atoms with Crippen molar-refractivity contribution in [3.05, 3.63) is 54.5 Å². The number of fused-ring (bicyclic) bond motifs is 1. The van der Waals surface area contributed by atoms with Gasteiger partial charge >= 0.3 is 6.09 Å². The summed E-state index contributed by atoms with van der Waals surface area (Å²) in [5.74, 6) is -0.291. The van der Waals surface area contributed by atoms with E-state index in [2.05, 4.69) is 20.8 Å². The largest absolute Gasteiger partial charge is 0.447 e. The van der Waals surface area contributed by atoms with E-state index in [1.165, 1.54) is 13.4 Å². The Labute approximate surface area is 148 Å². The number of hydrogen-bond acceptors (Lipinski definition) is 6. The van der Waals surface area contributed by atoms with Gasteiger partial charge in [0.1, 0.15) is 12.9 Å². The van der Waals surface area contributed by atoms with Gasteiger partial charge in [-0.25, -0.2) is 4.79 Å². The van der Waals surface area contributed by atoms with Crippen LogP contribution in [0.25, 0.3) is 5.65 Å². The fourth-order valence-corrected chi connectivity index (χ4v) is 2.21. The fraction of sp³-hybridized carbons (Fsp3) is 0.176. The summed E-state index contributed by atoms with van der Waals surface area (Å²) < 4.78 is 11.4. The fourth-order valence-electron chi connectivity index (χ4n) is 2.21. The van der Waals surface area contributed by atoms with Gasteiger partial charge in [-0.1, -0.05) is 6.07 Å². The number of amides is 2. The Hall–Kier alpha value is -3.46. The van der Waals surface area contributed by atoms with E-state index in [0.29, 0.717) is 29.2 Å². The van der Waals surface area contributed by atoms with Crippen LogP contribution in [0.3, 0.4) is 0 Å². The van der Waals surface area contributed by atoms with Gasteiger partial charge in [0.25, 0.3) is 5.91 Å². The second-order valence-corrected chi connectivity index (χ2v) is 5.30. The lowest BCUT2D eigenvalue weighted by Crippen LogP contribution is -2.17. The number of aromatic nitrogens is 3. The van der Waals surface area contributed by atoms with Crippen LogP contribution in [0, 0.1) is 0 Å². The maximum absolute atomic E-state index is 12.4. The van der Waals surface area contributed by atoms with Gasteiger partial charge in [-0.3, -0.25) is 14.5 Å². The van der Waals surface area contributed by atoms with Crippen LogP contribution in [-0.4, -0.2) is 46.9 Å². The third-order valence-corrected chi connectivity index (χ3v) is 3.44. The molecule has 0 unspecified atom stereocenters. The predicted molar refractivity (Wildman–Crippen MR) is 94.2 cm³/mol. The van der Waals surface area contributed by atoms with Crippen LogP contribution in [0.1, 0.15) is 10.4 Å². The van der Waals surface area contributed by atoms with Crippen LogP contribution in [0.5, 0.6) is 0 Å². The van der Waals surface area contributed by atoms with Crippen molar-refractivity contribution in [1.82, 2.24) is 14.6 Å². The first kappa shape index (κ1) is 17.4. The van der Waals surface area contributed by atoms with Gasteiger partial charge in [0, 0.05) is 24.7 Å². The molecule has 1 aromatic carbocycles. The zero-order valence-electron chi connectivity index (χ0n) is 14.0. The number of ether oxygens (including phenoxy) is 2. The van der Waals surface area contributed by atoms with Crippen LogP contribution in [0.15, 0.2) is 48.9 Å². The van der Waals surface area contributed by atoms with E-state index in [-0.39, 0.29) is 12.5 Å². The molecule has 3 rings (SSSR count). The van der Waals surface area contributed by atoms with E-state index in [0.717, 1.165) is 0 Å². The van der Waals surface area contributed by atoms with E-state index in [9.17, 15) is 9.59 Å². The standard InChI is InChI=1S/C17H17N5O4/c1-25-7-8-26-17(24)20-14-4-2-3-13(9-14)19-16(23)12-5-6-15-21-18-11-22(15)10-12/h2-6,9-11H,7-8H2,1H3,(H,19,23)(H,20,24). The van der Waals surface area contributed by atoms with E-state index in [1.54, 1.807) is 47.0 Å².